The summed E-state index contributed by atoms with van der Waals surface area (Å²) in [4.78, 5) is 5.09. The van der Waals surface area contributed by atoms with Gasteiger partial charge in [-0.3, -0.25) is 4.99 Å². The van der Waals surface area contributed by atoms with Crippen molar-refractivity contribution in [3.8, 4) is 0 Å². The van der Waals surface area contributed by atoms with Gasteiger partial charge in [0.25, 0.3) is 0 Å². The van der Waals surface area contributed by atoms with Crippen molar-refractivity contribution >= 4 is 34.8 Å². The van der Waals surface area contributed by atoms with Gasteiger partial charge in [0, 0.05) is 11.1 Å². The van der Waals surface area contributed by atoms with Crippen LogP contribution in [0.15, 0.2) is 41.4 Å². The largest absolute Gasteiger partial charge is 0.255 e. The highest BCUT2D eigenvalue weighted by molar-refractivity contribution is 7.17. The van der Waals surface area contributed by atoms with Crippen LogP contribution in [0, 0.1) is 5.82 Å². The molecular weight excluding hydrogens is 233 g/mol. The van der Waals surface area contributed by atoms with E-state index in [0.717, 1.165) is 9.21 Å². The normalized spacial score (nSPS) is 11.1. The quantitative estimate of drug-likeness (QED) is 0.694. The predicted molar refractivity (Wildman–Crippen MR) is 63.0 cm³/mol. The highest BCUT2D eigenvalue weighted by Crippen LogP contribution is 2.21. The van der Waals surface area contributed by atoms with E-state index in [1.54, 1.807) is 24.4 Å². The van der Waals surface area contributed by atoms with Crippen molar-refractivity contribution in [3.05, 3.63) is 51.4 Å². The van der Waals surface area contributed by atoms with E-state index >= 15 is 0 Å². The van der Waals surface area contributed by atoms with Crippen LogP contribution in [0.4, 0.5) is 10.1 Å². The molecule has 1 aromatic carbocycles. The van der Waals surface area contributed by atoms with Crippen molar-refractivity contribution in [1.29, 1.82) is 0 Å². The zero-order valence-corrected chi connectivity index (χ0v) is 9.23. The number of hydrogen-bond acceptors (Lipinski definition) is 2. The number of benzene rings is 1. The summed E-state index contributed by atoms with van der Waals surface area (Å²) in [5.41, 5.74) is 0.597. The van der Waals surface area contributed by atoms with E-state index in [-0.39, 0.29) is 5.82 Å². The lowest BCUT2D eigenvalue weighted by Gasteiger charge is -1.91. The lowest BCUT2D eigenvalue weighted by Crippen LogP contribution is -1.73. The van der Waals surface area contributed by atoms with Crippen LogP contribution in [0.5, 0.6) is 0 Å². The summed E-state index contributed by atoms with van der Waals surface area (Å²) in [6.45, 7) is 0. The van der Waals surface area contributed by atoms with E-state index in [1.165, 1.54) is 23.5 Å². The Hall–Kier alpha value is -1.19. The molecule has 0 aliphatic heterocycles. The van der Waals surface area contributed by atoms with E-state index in [9.17, 15) is 4.39 Å². The van der Waals surface area contributed by atoms with E-state index in [1.807, 2.05) is 6.07 Å². The molecule has 76 valence electrons. The summed E-state index contributed by atoms with van der Waals surface area (Å²) >= 11 is 7.20. The smallest absolute Gasteiger partial charge is 0.125 e. The van der Waals surface area contributed by atoms with Crippen LogP contribution in [-0.4, -0.2) is 6.21 Å². The number of nitrogens with zero attached hydrogens (tertiary/aromatic N) is 1. The van der Waals surface area contributed by atoms with Gasteiger partial charge in [0.1, 0.15) is 5.82 Å². The van der Waals surface area contributed by atoms with Gasteiger partial charge in [-0.1, -0.05) is 17.7 Å². The van der Waals surface area contributed by atoms with Gasteiger partial charge >= 0.3 is 0 Å². The van der Waals surface area contributed by atoms with E-state index in [0.29, 0.717) is 5.69 Å². The number of halogens is 2. The van der Waals surface area contributed by atoms with Gasteiger partial charge in [-0.15, -0.1) is 11.3 Å². The number of aliphatic imine (C=N–C) groups is 1. The fraction of sp³-hybridized carbons (Fsp3) is 0. The zero-order valence-electron chi connectivity index (χ0n) is 7.65. The van der Waals surface area contributed by atoms with Crippen molar-refractivity contribution in [3.63, 3.8) is 0 Å². The molecule has 0 saturated carbocycles. The first kappa shape index (κ1) is 10.3. The van der Waals surface area contributed by atoms with Gasteiger partial charge in [-0.25, -0.2) is 4.39 Å². The Morgan fingerprint density at radius 2 is 2.13 bits per heavy atom. The Kier molecular flexibility index (Phi) is 3.14. The summed E-state index contributed by atoms with van der Waals surface area (Å²) in [5, 5.41) is 0. The van der Waals surface area contributed by atoms with Crippen molar-refractivity contribution in [2.75, 3.05) is 0 Å². The Bertz CT molecular complexity index is 493. The second-order valence-electron chi connectivity index (χ2n) is 2.88. The van der Waals surface area contributed by atoms with E-state index < -0.39 is 0 Å². The maximum Gasteiger partial charge on any atom is 0.125 e. The Morgan fingerprint density at radius 1 is 1.27 bits per heavy atom. The number of thiophene rings is 1. The van der Waals surface area contributed by atoms with Gasteiger partial charge in [0.05, 0.1) is 10.0 Å². The molecule has 0 unspecified atom stereocenters. The molecule has 15 heavy (non-hydrogen) atoms. The lowest BCUT2D eigenvalue weighted by atomic mass is 10.3. The second kappa shape index (κ2) is 4.55. The number of rotatable bonds is 2. The first-order valence-corrected chi connectivity index (χ1v) is 5.48. The van der Waals surface area contributed by atoms with Crippen molar-refractivity contribution in [1.82, 2.24) is 0 Å². The SMILES string of the molecule is Fc1cccc(N=Cc2ccc(Cl)s2)c1. The molecule has 0 N–H and O–H groups in total. The van der Waals surface area contributed by atoms with Crippen LogP contribution in [0.1, 0.15) is 4.88 Å². The minimum atomic E-state index is -0.283. The summed E-state index contributed by atoms with van der Waals surface area (Å²) in [5.74, 6) is -0.283. The van der Waals surface area contributed by atoms with Crippen molar-refractivity contribution < 1.29 is 4.39 Å². The van der Waals surface area contributed by atoms with Crippen LogP contribution >= 0.6 is 22.9 Å². The van der Waals surface area contributed by atoms with Gasteiger partial charge in [-0.2, -0.15) is 0 Å². The predicted octanol–water partition coefficient (Wildman–Crippen LogP) is 4.29. The van der Waals surface area contributed by atoms with Gasteiger partial charge < -0.3 is 0 Å². The molecule has 0 fully saturated rings. The molecule has 0 aliphatic rings. The van der Waals surface area contributed by atoms with E-state index in [2.05, 4.69) is 4.99 Å². The molecule has 1 nitrogen and oxygen atoms in total. The average molecular weight is 240 g/mol. The molecule has 0 amide bonds. The highest BCUT2D eigenvalue weighted by atomic mass is 35.5. The third kappa shape index (κ3) is 2.88. The molecule has 4 heteroatoms. The van der Waals surface area contributed by atoms with Crippen molar-refractivity contribution in [2.24, 2.45) is 4.99 Å². The Labute approximate surface area is 95.9 Å². The summed E-state index contributed by atoms with van der Waals surface area (Å²) < 4.78 is 13.5. The molecule has 0 spiro atoms. The molecular formula is C11H7ClFNS. The Balaban J connectivity index is 2.18. The second-order valence-corrected chi connectivity index (χ2v) is 4.63. The van der Waals surface area contributed by atoms with Crippen LogP contribution < -0.4 is 0 Å². The fourth-order valence-electron chi connectivity index (χ4n) is 1.09. The summed E-state index contributed by atoms with van der Waals surface area (Å²) in [7, 11) is 0. The third-order valence-electron chi connectivity index (χ3n) is 1.74. The van der Waals surface area contributed by atoms with Gasteiger partial charge in [0.15, 0.2) is 0 Å². The fourth-order valence-corrected chi connectivity index (χ4v) is 2.03. The van der Waals surface area contributed by atoms with Crippen LogP contribution in [0.2, 0.25) is 4.34 Å². The molecule has 2 aromatic rings. The standard InChI is InChI=1S/C11H7ClFNS/c12-11-5-4-10(15-11)7-14-9-3-1-2-8(13)6-9/h1-7H. The van der Waals surface area contributed by atoms with E-state index in [4.69, 9.17) is 11.6 Å². The van der Waals surface area contributed by atoms with Crippen LogP contribution in [-0.2, 0) is 0 Å². The third-order valence-corrected chi connectivity index (χ3v) is 2.91. The monoisotopic (exact) mass is 239 g/mol. The minimum Gasteiger partial charge on any atom is -0.255 e. The van der Waals surface area contributed by atoms with Crippen LogP contribution in [0.3, 0.4) is 0 Å². The van der Waals surface area contributed by atoms with Gasteiger partial charge in [-0.05, 0) is 30.3 Å². The summed E-state index contributed by atoms with van der Waals surface area (Å²) in [6, 6.07) is 9.82. The van der Waals surface area contributed by atoms with Crippen molar-refractivity contribution in [2.45, 2.75) is 0 Å². The first-order chi connectivity index (χ1) is 7.24. The lowest BCUT2D eigenvalue weighted by molar-refractivity contribution is 0.628. The zero-order chi connectivity index (χ0) is 10.7. The maximum atomic E-state index is 12.8. The van der Waals surface area contributed by atoms with Gasteiger partial charge in [0.2, 0.25) is 0 Å². The minimum absolute atomic E-state index is 0.283. The molecule has 0 saturated heterocycles. The molecule has 1 aromatic heterocycles. The molecule has 0 radical (unpaired) electrons. The molecule has 0 atom stereocenters. The molecule has 0 bridgehead atoms. The summed E-state index contributed by atoms with van der Waals surface area (Å²) in [6.07, 6.45) is 1.67. The topological polar surface area (TPSA) is 12.4 Å². The first-order valence-electron chi connectivity index (χ1n) is 4.29. The van der Waals surface area contributed by atoms with Crippen LogP contribution in [0.25, 0.3) is 0 Å². The number of hydrogen-bond donors (Lipinski definition) is 0. The molecule has 2 rings (SSSR count). The Morgan fingerprint density at radius 3 is 2.80 bits per heavy atom. The molecule has 0 aliphatic carbocycles. The average Bonchev–Trinajstić information content (AvgIpc) is 2.62. The maximum absolute atomic E-state index is 12.8. The molecule has 1 heterocycles. The highest BCUT2D eigenvalue weighted by Gasteiger charge is 1.94.